The normalized spacial score (nSPS) is 13.8. The molecule has 0 fully saturated rings. The summed E-state index contributed by atoms with van der Waals surface area (Å²) < 4.78 is 0. The molecule has 3 heteroatoms. The second-order valence-electron chi connectivity index (χ2n) is 4.07. The molecular weight excluding hydrogens is 188 g/mol. The lowest BCUT2D eigenvalue weighted by molar-refractivity contribution is 0.0904. The van der Waals surface area contributed by atoms with Gasteiger partial charge in [-0.15, -0.1) is 0 Å². The summed E-state index contributed by atoms with van der Waals surface area (Å²) in [6.07, 6.45) is 4.45. The lowest BCUT2D eigenvalue weighted by Crippen LogP contribution is -2.45. The van der Waals surface area contributed by atoms with Crippen LogP contribution in [-0.2, 0) is 0 Å². The van der Waals surface area contributed by atoms with Crippen molar-refractivity contribution in [2.45, 2.75) is 58.5 Å². The molecule has 1 unspecified atom stereocenters. The number of hydrogen-bond acceptors (Lipinski definition) is 3. The van der Waals surface area contributed by atoms with Gasteiger partial charge in [0.05, 0.1) is 6.61 Å². The van der Waals surface area contributed by atoms with Crippen LogP contribution in [0.2, 0.25) is 0 Å². The van der Waals surface area contributed by atoms with Crippen LogP contribution < -0.4 is 5.73 Å². The second-order valence-corrected chi connectivity index (χ2v) is 4.07. The zero-order valence-electron chi connectivity index (χ0n) is 10.6. The fourth-order valence-corrected chi connectivity index (χ4v) is 2.33. The van der Waals surface area contributed by atoms with Gasteiger partial charge in [0, 0.05) is 18.6 Å². The van der Waals surface area contributed by atoms with E-state index in [9.17, 15) is 0 Å². The topological polar surface area (TPSA) is 49.5 Å². The second kappa shape index (κ2) is 9.13. The summed E-state index contributed by atoms with van der Waals surface area (Å²) in [5, 5.41) is 9.12. The minimum atomic E-state index is 0.248. The molecule has 15 heavy (non-hydrogen) atoms. The third kappa shape index (κ3) is 4.96. The number of hydrogen-bond donors (Lipinski definition) is 2. The molecule has 0 aliphatic carbocycles. The molecular formula is C12H28N2O. The van der Waals surface area contributed by atoms with Crippen molar-refractivity contribution in [3.8, 4) is 0 Å². The van der Waals surface area contributed by atoms with Gasteiger partial charge in [-0.25, -0.2) is 0 Å². The minimum Gasteiger partial charge on any atom is -0.395 e. The smallest absolute Gasteiger partial charge is 0.0558 e. The molecule has 0 aliphatic rings. The Hall–Kier alpha value is -0.120. The molecule has 0 rings (SSSR count). The fourth-order valence-electron chi connectivity index (χ4n) is 2.33. The number of aliphatic hydroxyl groups excluding tert-OH is 1. The van der Waals surface area contributed by atoms with Crippen LogP contribution in [0.15, 0.2) is 0 Å². The maximum atomic E-state index is 9.12. The zero-order chi connectivity index (χ0) is 11.7. The van der Waals surface area contributed by atoms with Crippen molar-refractivity contribution < 1.29 is 5.11 Å². The highest BCUT2D eigenvalue weighted by Crippen LogP contribution is 2.16. The molecule has 0 saturated carbocycles. The van der Waals surface area contributed by atoms with Gasteiger partial charge in [0.15, 0.2) is 0 Å². The van der Waals surface area contributed by atoms with Crippen molar-refractivity contribution in [1.82, 2.24) is 4.90 Å². The molecule has 1 atom stereocenters. The Kier molecular flexibility index (Phi) is 9.06. The molecule has 0 aromatic heterocycles. The van der Waals surface area contributed by atoms with Gasteiger partial charge < -0.3 is 10.8 Å². The average Bonchev–Trinajstić information content (AvgIpc) is 2.26. The summed E-state index contributed by atoms with van der Waals surface area (Å²) in [4.78, 5) is 2.44. The number of aliphatic hydroxyl groups is 1. The summed E-state index contributed by atoms with van der Waals surface area (Å²) in [5.41, 5.74) is 5.63. The highest BCUT2D eigenvalue weighted by Gasteiger charge is 2.21. The summed E-state index contributed by atoms with van der Waals surface area (Å²) in [7, 11) is 0. The van der Waals surface area contributed by atoms with E-state index in [0.29, 0.717) is 12.1 Å². The standard InChI is InChI=1S/C12H28N2O/c1-4-11(5-2)14(9-10-15)12(6-3)7-8-13/h11-12,15H,4-10,13H2,1-3H3. The maximum absolute atomic E-state index is 9.12. The number of nitrogens with zero attached hydrogens (tertiary/aromatic N) is 1. The monoisotopic (exact) mass is 216 g/mol. The van der Waals surface area contributed by atoms with Crippen LogP contribution in [-0.4, -0.2) is 41.8 Å². The molecule has 0 radical (unpaired) electrons. The van der Waals surface area contributed by atoms with Crippen molar-refractivity contribution in [2.24, 2.45) is 5.73 Å². The van der Waals surface area contributed by atoms with Crippen LogP contribution in [0, 0.1) is 0 Å². The summed E-state index contributed by atoms with van der Waals surface area (Å²) in [5.74, 6) is 0. The maximum Gasteiger partial charge on any atom is 0.0558 e. The molecule has 0 aromatic carbocycles. The van der Waals surface area contributed by atoms with E-state index < -0.39 is 0 Å². The summed E-state index contributed by atoms with van der Waals surface area (Å²) >= 11 is 0. The van der Waals surface area contributed by atoms with Crippen LogP contribution >= 0.6 is 0 Å². The first-order valence-electron chi connectivity index (χ1n) is 6.31. The molecule has 3 N–H and O–H groups in total. The van der Waals surface area contributed by atoms with Crippen molar-refractivity contribution in [2.75, 3.05) is 19.7 Å². The van der Waals surface area contributed by atoms with Gasteiger partial charge in [-0.3, -0.25) is 4.90 Å². The highest BCUT2D eigenvalue weighted by atomic mass is 16.3. The van der Waals surface area contributed by atoms with E-state index in [2.05, 4.69) is 25.7 Å². The highest BCUT2D eigenvalue weighted by molar-refractivity contribution is 4.77. The van der Waals surface area contributed by atoms with Crippen molar-refractivity contribution in [3.63, 3.8) is 0 Å². The SMILES string of the molecule is CCC(CC)N(CCO)C(CC)CCN. The van der Waals surface area contributed by atoms with Crippen molar-refractivity contribution in [1.29, 1.82) is 0 Å². The number of rotatable bonds is 9. The van der Waals surface area contributed by atoms with Crippen LogP contribution in [0.25, 0.3) is 0 Å². The van der Waals surface area contributed by atoms with E-state index in [4.69, 9.17) is 10.8 Å². The Bertz CT molecular complexity index is 138. The van der Waals surface area contributed by atoms with E-state index in [-0.39, 0.29) is 6.61 Å². The predicted molar refractivity (Wildman–Crippen MR) is 65.9 cm³/mol. The minimum absolute atomic E-state index is 0.248. The molecule has 92 valence electrons. The third-order valence-corrected chi connectivity index (χ3v) is 3.21. The van der Waals surface area contributed by atoms with Crippen LogP contribution in [0.5, 0.6) is 0 Å². The van der Waals surface area contributed by atoms with Crippen LogP contribution in [0.1, 0.15) is 46.5 Å². The van der Waals surface area contributed by atoms with Crippen molar-refractivity contribution >= 4 is 0 Å². The van der Waals surface area contributed by atoms with Gasteiger partial charge in [-0.05, 0) is 32.2 Å². The molecule has 0 amide bonds. The fraction of sp³-hybridized carbons (Fsp3) is 1.00. The Labute approximate surface area is 94.6 Å². The predicted octanol–water partition coefficient (Wildman–Crippen LogP) is 1.60. The van der Waals surface area contributed by atoms with Gasteiger partial charge in [0.1, 0.15) is 0 Å². The summed E-state index contributed by atoms with van der Waals surface area (Å²) in [6.45, 7) is 8.40. The quantitative estimate of drug-likeness (QED) is 0.615. The van der Waals surface area contributed by atoms with Crippen molar-refractivity contribution in [3.05, 3.63) is 0 Å². The van der Waals surface area contributed by atoms with Gasteiger partial charge in [0.2, 0.25) is 0 Å². The van der Waals surface area contributed by atoms with Gasteiger partial charge in [0.25, 0.3) is 0 Å². The van der Waals surface area contributed by atoms with Gasteiger partial charge in [-0.2, -0.15) is 0 Å². The lowest BCUT2D eigenvalue weighted by Gasteiger charge is -2.36. The van der Waals surface area contributed by atoms with E-state index >= 15 is 0 Å². The molecule has 0 heterocycles. The Balaban J connectivity index is 4.43. The van der Waals surface area contributed by atoms with Crippen LogP contribution in [0.3, 0.4) is 0 Å². The molecule has 0 spiro atoms. The Morgan fingerprint density at radius 3 is 1.93 bits per heavy atom. The van der Waals surface area contributed by atoms with Crippen LogP contribution in [0.4, 0.5) is 0 Å². The van der Waals surface area contributed by atoms with Gasteiger partial charge >= 0.3 is 0 Å². The van der Waals surface area contributed by atoms with E-state index in [1.165, 1.54) is 0 Å². The Morgan fingerprint density at radius 1 is 1.07 bits per heavy atom. The molecule has 0 saturated heterocycles. The largest absolute Gasteiger partial charge is 0.395 e. The molecule has 0 bridgehead atoms. The van der Waals surface area contributed by atoms with E-state index in [1.54, 1.807) is 0 Å². The first-order chi connectivity index (χ1) is 7.24. The molecule has 0 aliphatic heterocycles. The van der Waals surface area contributed by atoms with E-state index in [1.807, 2.05) is 0 Å². The number of nitrogens with two attached hydrogens (primary N) is 1. The van der Waals surface area contributed by atoms with E-state index in [0.717, 1.165) is 38.8 Å². The first-order valence-corrected chi connectivity index (χ1v) is 6.31. The third-order valence-electron chi connectivity index (χ3n) is 3.21. The molecule has 3 nitrogen and oxygen atoms in total. The lowest BCUT2D eigenvalue weighted by atomic mass is 10.0. The molecule has 0 aromatic rings. The van der Waals surface area contributed by atoms with Gasteiger partial charge in [-0.1, -0.05) is 20.8 Å². The Morgan fingerprint density at radius 2 is 1.60 bits per heavy atom. The average molecular weight is 216 g/mol. The zero-order valence-corrected chi connectivity index (χ0v) is 10.6. The first kappa shape index (κ1) is 14.9. The summed E-state index contributed by atoms with van der Waals surface area (Å²) in [6, 6.07) is 1.13.